The van der Waals surface area contributed by atoms with Crippen molar-refractivity contribution in [2.75, 3.05) is 10.6 Å². The van der Waals surface area contributed by atoms with Crippen molar-refractivity contribution in [1.82, 2.24) is 10.3 Å². The summed E-state index contributed by atoms with van der Waals surface area (Å²) >= 11 is 0. The number of anilines is 2. The number of rotatable bonds is 7. The number of carbonyl (C=O) groups is 3. The van der Waals surface area contributed by atoms with Crippen LogP contribution >= 0.6 is 0 Å². The Bertz CT molecular complexity index is 1230. The molecule has 3 aromatic carbocycles. The quantitative estimate of drug-likeness (QED) is 0.409. The summed E-state index contributed by atoms with van der Waals surface area (Å²) in [5.74, 6) is -1.25. The van der Waals surface area contributed by atoms with E-state index in [2.05, 4.69) is 16.1 Å². The Hall–Kier alpha value is -4.02. The van der Waals surface area contributed by atoms with E-state index in [0.29, 0.717) is 16.9 Å². The molecule has 0 radical (unpaired) electrons. The molecule has 0 spiro atoms. The van der Waals surface area contributed by atoms with Crippen LogP contribution in [-0.4, -0.2) is 26.1 Å². The topological polar surface area (TPSA) is 133 Å². The summed E-state index contributed by atoms with van der Waals surface area (Å²) in [5.41, 5.74) is 3.74. The fourth-order valence-electron chi connectivity index (χ4n) is 2.66. The molecule has 3 aromatic rings. The molecule has 0 aromatic heterocycles. The van der Waals surface area contributed by atoms with Crippen LogP contribution in [0.2, 0.25) is 0 Å². The van der Waals surface area contributed by atoms with E-state index in [1.165, 1.54) is 55.5 Å². The molecule has 0 unspecified atom stereocenters. The van der Waals surface area contributed by atoms with Crippen LogP contribution in [0.1, 0.15) is 27.6 Å². The Kier molecular flexibility index (Phi) is 6.98. The first-order valence-corrected chi connectivity index (χ1v) is 10.9. The van der Waals surface area contributed by atoms with Crippen LogP contribution in [0.15, 0.2) is 83.8 Å². The molecule has 0 saturated carbocycles. The summed E-state index contributed by atoms with van der Waals surface area (Å²) in [6, 6.07) is 20.1. The van der Waals surface area contributed by atoms with Gasteiger partial charge in [-0.3, -0.25) is 19.8 Å². The number of hydrogen-bond donors (Lipinski definition) is 4. The Morgan fingerprint density at radius 2 is 1.19 bits per heavy atom. The minimum atomic E-state index is -4.01. The van der Waals surface area contributed by atoms with Gasteiger partial charge in [-0.1, -0.05) is 18.2 Å². The minimum Gasteiger partial charge on any atom is -0.326 e. The van der Waals surface area contributed by atoms with Gasteiger partial charge in [0, 0.05) is 29.4 Å². The standard InChI is InChI=1S/C22H20N4O5S/c1-15(27)23-18-11-13-20(14-12-18)32(30,31)26-25-22(29)17-7-9-19(10-8-17)24-21(28)16-5-3-2-4-6-16/h2-14,26H,1H3,(H,23,27)(H,24,28)(H,25,29). The molecule has 10 heteroatoms. The van der Waals surface area contributed by atoms with Gasteiger partial charge in [0.05, 0.1) is 4.90 Å². The molecule has 0 heterocycles. The van der Waals surface area contributed by atoms with E-state index < -0.39 is 15.9 Å². The highest BCUT2D eigenvalue weighted by atomic mass is 32.2. The molecule has 0 aliphatic rings. The number of nitrogens with one attached hydrogen (secondary N) is 4. The third-order valence-electron chi connectivity index (χ3n) is 4.22. The van der Waals surface area contributed by atoms with Crippen LogP contribution in [0, 0.1) is 0 Å². The average Bonchev–Trinajstić information content (AvgIpc) is 2.78. The van der Waals surface area contributed by atoms with Crippen molar-refractivity contribution >= 4 is 39.1 Å². The number of hydrogen-bond acceptors (Lipinski definition) is 5. The van der Waals surface area contributed by atoms with Gasteiger partial charge in [-0.25, -0.2) is 8.42 Å². The lowest BCUT2D eigenvalue weighted by atomic mass is 10.2. The van der Waals surface area contributed by atoms with Crippen LogP contribution in [0.3, 0.4) is 0 Å². The van der Waals surface area contributed by atoms with Gasteiger partial charge >= 0.3 is 0 Å². The van der Waals surface area contributed by atoms with Crippen LogP contribution in [-0.2, 0) is 14.8 Å². The molecule has 0 saturated heterocycles. The van der Waals surface area contributed by atoms with E-state index in [4.69, 9.17) is 0 Å². The maximum absolute atomic E-state index is 12.4. The van der Waals surface area contributed by atoms with Gasteiger partial charge in [-0.15, -0.1) is 4.83 Å². The van der Waals surface area contributed by atoms with Crippen molar-refractivity contribution < 1.29 is 22.8 Å². The Balaban J connectivity index is 1.58. The highest BCUT2D eigenvalue weighted by molar-refractivity contribution is 7.89. The minimum absolute atomic E-state index is 0.0918. The van der Waals surface area contributed by atoms with E-state index in [1.54, 1.807) is 30.3 Å². The summed E-state index contributed by atoms with van der Waals surface area (Å²) in [6.45, 7) is 1.34. The predicted octanol–water partition coefficient (Wildman–Crippen LogP) is 2.52. The monoisotopic (exact) mass is 452 g/mol. The average molecular weight is 452 g/mol. The molecule has 9 nitrogen and oxygen atoms in total. The summed E-state index contributed by atoms with van der Waals surface area (Å²) in [4.78, 5) is 37.4. The molecule has 0 bridgehead atoms. The van der Waals surface area contributed by atoms with E-state index in [-0.39, 0.29) is 22.3 Å². The van der Waals surface area contributed by atoms with Crippen LogP contribution < -0.4 is 20.9 Å². The van der Waals surface area contributed by atoms with Crippen LogP contribution in [0.25, 0.3) is 0 Å². The maximum Gasteiger partial charge on any atom is 0.266 e. The predicted molar refractivity (Wildman–Crippen MR) is 119 cm³/mol. The van der Waals surface area contributed by atoms with Gasteiger partial charge in [-0.2, -0.15) is 0 Å². The van der Waals surface area contributed by atoms with Gasteiger partial charge in [0.1, 0.15) is 0 Å². The van der Waals surface area contributed by atoms with Crippen molar-refractivity contribution in [3.05, 3.63) is 90.0 Å². The molecule has 0 fully saturated rings. The number of hydrazine groups is 1. The second-order valence-electron chi connectivity index (χ2n) is 6.66. The van der Waals surface area contributed by atoms with Crippen LogP contribution in [0.5, 0.6) is 0 Å². The molecule has 0 atom stereocenters. The van der Waals surface area contributed by atoms with Crippen molar-refractivity contribution in [3.8, 4) is 0 Å². The Labute approximate surface area is 184 Å². The highest BCUT2D eigenvalue weighted by Gasteiger charge is 2.16. The summed E-state index contributed by atoms with van der Waals surface area (Å²) in [6.07, 6.45) is 0. The fourth-order valence-corrected chi connectivity index (χ4v) is 3.50. The van der Waals surface area contributed by atoms with Gasteiger partial charge in [0.2, 0.25) is 5.91 Å². The number of amides is 3. The fraction of sp³-hybridized carbons (Fsp3) is 0.0455. The molecular weight excluding hydrogens is 432 g/mol. The van der Waals surface area contributed by atoms with Gasteiger partial charge in [-0.05, 0) is 60.7 Å². The maximum atomic E-state index is 12.4. The first kappa shape index (κ1) is 22.7. The van der Waals surface area contributed by atoms with Gasteiger partial charge in [0.15, 0.2) is 0 Å². The zero-order valence-corrected chi connectivity index (χ0v) is 17.8. The van der Waals surface area contributed by atoms with E-state index in [0.717, 1.165) is 0 Å². The molecule has 164 valence electrons. The van der Waals surface area contributed by atoms with E-state index >= 15 is 0 Å². The van der Waals surface area contributed by atoms with Crippen molar-refractivity contribution in [2.45, 2.75) is 11.8 Å². The number of carbonyl (C=O) groups excluding carboxylic acids is 3. The van der Waals surface area contributed by atoms with E-state index in [9.17, 15) is 22.8 Å². The second-order valence-corrected chi connectivity index (χ2v) is 8.35. The molecular formula is C22H20N4O5S. The molecule has 3 amide bonds. The van der Waals surface area contributed by atoms with Crippen molar-refractivity contribution in [2.24, 2.45) is 0 Å². The lowest BCUT2D eigenvalue weighted by Gasteiger charge is -2.10. The van der Waals surface area contributed by atoms with Crippen molar-refractivity contribution in [1.29, 1.82) is 0 Å². The van der Waals surface area contributed by atoms with Crippen molar-refractivity contribution in [3.63, 3.8) is 0 Å². The first-order valence-electron chi connectivity index (χ1n) is 9.41. The summed E-state index contributed by atoms with van der Waals surface area (Å²) < 4.78 is 24.7. The first-order chi connectivity index (χ1) is 15.2. The zero-order valence-electron chi connectivity index (χ0n) is 17.0. The largest absolute Gasteiger partial charge is 0.326 e. The SMILES string of the molecule is CC(=O)Nc1ccc(S(=O)(=O)NNC(=O)c2ccc(NC(=O)c3ccccc3)cc2)cc1. The third-order valence-corrected chi connectivity index (χ3v) is 5.49. The molecule has 0 aliphatic carbocycles. The summed E-state index contributed by atoms with van der Waals surface area (Å²) in [5, 5.41) is 5.24. The molecule has 32 heavy (non-hydrogen) atoms. The van der Waals surface area contributed by atoms with Crippen LogP contribution in [0.4, 0.5) is 11.4 Å². The van der Waals surface area contributed by atoms with Gasteiger partial charge in [0.25, 0.3) is 21.8 Å². The lowest BCUT2D eigenvalue weighted by Crippen LogP contribution is -2.41. The zero-order chi connectivity index (χ0) is 23.1. The second kappa shape index (κ2) is 9.86. The lowest BCUT2D eigenvalue weighted by molar-refractivity contribution is -0.114. The normalized spacial score (nSPS) is 10.8. The smallest absolute Gasteiger partial charge is 0.266 e. The number of sulfonamides is 1. The molecule has 3 rings (SSSR count). The van der Waals surface area contributed by atoms with Gasteiger partial charge < -0.3 is 10.6 Å². The highest BCUT2D eigenvalue weighted by Crippen LogP contribution is 2.14. The molecule has 0 aliphatic heterocycles. The molecule has 4 N–H and O–H groups in total. The summed E-state index contributed by atoms with van der Waals surface area (Å²) in [7, 11) is -4.01. The Morgan fingerprint density at radius 3 is 1.78 bits per heavy atom. The van der Waals surface area contributed by atoms with E-state index in [1.807, 2.05) is 4.83 Å². The number of benzene rings is 3. The third kappa shape index (κ3) is 6.00. The Morgan fingerprint density at radius 1 is 0.656 bits per heavy atom.